The Kier molecular flexibility index (Phi) is 3.89. The van der Waals surface area contributed by atoms with Gasteiger partial charge < -0.3 is 5.32 Å². The molecule has 18 heavy (non-hydrogen) atoms. The summed E-state index contributed by atoms with van der Waals surface area (Å²) in [7, 11) is 0. The van der Waals surface area contributed by atoms with Crippen LogP contribution in [0.2, 0.25) is 0 Å². The Bertz CT molecular complexity index is 365. The summed E-state index contributed by atoms with van der Waals surface area (Å²) < 4.78 is 0. The quantitative estimate of drug-likeness (QED) is 0.889. The Morgan fingerprint density at radius 2 is 2.00 bits per heavy atom. The van der Waals surface area contributed by atoms with Crippen molar-refractivity contribution in [3.05, 3.63) is 24.0 Å². The average molecular weight is 245 g/mol. The molecule has 0 radical (unpaired) electrons. The SMILES string of the molecule is c1cnnc(CNC2CCC3CCCCC3C2)c1. The molecular formula is C15H23N3. The molecule has 1 aromatic heterocycles. The smallest absolute Gasteiger partial charge is 0.0769 e. The third-order valence-electron chi connectivity index (χ3n) is 4.74. The van der Waals surface area contributed by atoms with Gasteiger partial charge in [-0.3, -0.25) is 0 Å². The number of hydrogen-bond donors (Lipinski definition) is 1. The van der Waals surface area contributed by atoms with Crippen molar-refractivity contribution in [2.24, 2.45) is 11.8 Å². The molecule has 2 saturated carbocycles. The van der Waals surface area contributed by atoms with E-state index < -0.39 is 0 Å². The number of aromatic nitrogens is 2. The van der Waals surface area contributed by atoms with E-state index in [1.165, 1.54) is 44.9 Å². The molecule has 3 heteroatoms. The minimum absolute atomic E-state index is 0.700. The fourth-order valence-corrected chi connectivity index (χ4v) is 3.74. The molecular weight excluding hydrogens is 222 g/mol. The first-order valence-corrected chi connectivity index (χ1v) is 7.42. The highest BCUT2D eigenvalue weighted by Gasteiger charge is 2.31. The van der Waals surface area contributed by atoms with Crippen LogP contribution >= 0.6 is 0 Å². The van der Waals surface area contributed by atoms with Crippen LogP contribution < -0.4 is 5.32 Å². The monoisotopic (exact) mass is 245 g/mol. The second-order valence-corrected chi connectivity index (χ2v) is 5.91. The number of fused-ring (bicyclic) bond motifs is 1. The molecule has 0 spiro atoms. The number of nitrogens with one attached hydrogen (secondary N) is 1. The largest absolute Gasteiger partial charge is 0.308 e. The van der Waals surface area contributed by atoms with Gasteiger partial charge in [-0.1, -0.05) is 25.7 Å². The second kappa shape index (κ2) is 5.79. The minimum atomic E-state index is 0.700. The van der Waals surface area contributed by atoms with Crippen molar-refractivity contribution in [1.29, 1.82) is 0 Å². The van der Waals surface area contributed by atoms with Gasteiger partial charge in [0.05, 0.1) is 5.69 Å². The van der Waals surface area contributed by atoms with Gasteiger partial charge in [0.15, 0.2) is 0 Å². The average Bonchev–Trinajstić information content (AvgIpc) is 2.46. The summed E-state index contributed by atoms with van der Waals surface area (Å²) in [6.45, 7) is 0.871. The molecule has 0 saturated heterocycles. The summed E-state index contributed by atoms with van der Waals surface area (Å²) in [4.78, 5) is 0. The van der Waals surface area contributed by atoms with E-state index in [9.17, 15) is 0 Å². The van der Waals surface area contributed by atoms with Crippen molar-refractivity contribution in [3.63, 3.8) is 0 Å². The summed E-state index contributed by atoms with van der Waals surface area (Å²) in [6, 6.07) is 4.71. The molecule has 2 aliphatic carbocycles. The summed E-state index contributed by atoms with van der Waals surface area (Å²) in [6.07, 6.45) is 11.8. The molecule has 3 unspecified atom stereocenters. The van der Waals surface area contributed by atoms with Crippen molar-refractivity contribution in [2.75, 3.05) is 0 Å². The van der Waals surface area contributed by atoms with Gasteiger partial charge in [0, 0.05) is 18.8 Å². The third-order valence-corrected chi connectivity index (χ3v) is 4.74. The zero-order valence-corrected chi connectivity index (χ0v) is 11.0. The highest BCUT2D eigenvalue weighted by molar-refractivity contribution is 4.99. The van der Waals surface area contributed by atoms with Gasteiger partial charge in [0.1, 0.15) is 0 Å². The van der Waals surface area contributed by atoms with Gasteiger partial charge >= 0.3 is 0 Å². The summed E-state index contributed by atoms with van der Waals surface area (Å²) in [5.41, 5.74) is 1.06. The molecule has 0 aromatic carbocycles. The molecule has 1 aromatic rings. The lowest BCUT2D eigenvalue weighted by atomic mass is 9.69. The second-order valence-electron chi connectivity index (χ2n) is 5.91. The zero-order chi connectivity index (χ0) is 12.2. The van der Waals surface area contributed by atoms with Crippen molar-refractivity contribution in [3.8, 4) is 0 Å². The lowest BCUT2D eigenvalue weighted by Gasteiger charge is -2.39. The van der Waals surface area contributed by atoms with E-state index in [0.29, 0.717) is 6.04 Å². The van der Waals surface area contributed by atoms with Crippen molar-refractivity contribution >= 4 is 0 Å². The molecule has 1 heterocycles. The van der Waals surface area contributed by atoms with E-state index in [4.69, 9.17) is 0 Å². The van der Waals surface area contributed by atoms with E-state index in [2.05, 4.69) is 15.5 Å². The summed E-state index contributed by atoms with van der Waals surface area (Å²) in [5, 5.41) is 11.7. The normalized spacial score (nSPS) is 31.9. The van der Waals surface area contributed by atoms with E-state index in [1.54, 1.807) is 6.20 Å². The first-order chi connectivity index (χ1) is 8.92. The molecule has 3 atom stereocenters. The van der Waals surface area contributed by atoms with Crippen LogP contribution in [0, 0.1) is 11.8 Å². The molecule has 2 aliphatic rings. The van der Waals surface area contributed by atoms with Crippen LogP contribution in [0.4, 0.5) is 0 Å². The van der Waals surface area contributed by atoms with Crippen LogP contribution in [0.5, 0.6) is 0 Å². The van der Waals surface area contributed by atoms with Crippen molar-refractivity contribution in [2.45, 2.75) is 57.5 Å². The maximum atomic E-state index is 4.13. The minimum Gasteiger partial charge on any atom is -0.308 e. The lowest BCUT2D eigenvalue weighted by Crippen LogP contribution is -2.38. The summed E-state index contributed by atoms with van der Waals surface area (Å²) >= 11 is 0. The Hall–Kier alpha value is -0.960. The Balaban J connectivity index is 1.49. The van der Waals surface area contributed by atoms with Crippen LogP contribution in [-0.4, -0.2) is 16.2 Å². The Morgan fingerprint density at radius 3 is 2.83 bits per heavy atom. The third kappa shape index (κ3) is 2.89. The fraction of sp³-hybridized carbons (Fsp3) is 0.733. The fourth-order valence-electron chi connectivity index (χ4n) is 3.74. The van der Waals surface area contributed by atoms with E-state index >= 15 is 0 Å². The first-order valence-electron chi connectivity index (χ1n) is 7.42. The van der Waals surface area contributed by atoms with Gasteiger partial charge in [-0.25, -0.2) is 0 Å². The van der Waals surface area contributed by atoms with Crippen LogP contribution in [0.3, 0.4) is 0 Å². The van der Waals surface area contributed by atoms with Gasteiger partial charge in [-0.15, -0.1) is 0 Å². The molecule has 98 valence electrons. The molecule has 0 amide bonds. The van der Waals surface area contributed by atoms with E-state index in [1.807, 2.05) is 12.1 Å². The first kappa shape index (κ1) is 12.1. The van der Waals surface area contributed by atoms with E-state index in [0.717, 1.165) is 24.1 Å². The summed E-state index contributed by atoms with van der Waals surface area (Å²) in [5.74, 6) is 2.03. The van der Waals surface area contributed by atoms with Gasteiger partial charge in [0.25, 0.3) is 0 Å². The van der Waals surface area contributed by atoms with Gasteiger partial charge in [-0.05, 0) is 43.2 Å². The Morgan fingerprint density at radius 1 is 1.11 bits per heavy atom. The highest BCUT2D eigenvalue weighted by atomic mass is 15.1. The van der Waals surface area contributed by atoms with Crippen LogP contribution in [0.1, 0.15) is 50.6 Å². The maximum absolute atomic E-state index is 4.13. The zero-order valence-electron chi connectivity index (χ0n) is 11.0. The van der Waals surface area contributed by atoms with Crippen LogP contribution in [0.25, 0.3) is 0 Å². The molecule has 1 N–H and O–H groups in total. The van der Waals surface area contributed by atoms with Crippen LogP contribution in [-0.2, 0) is 6.54 Å². The number of rotatable bonds is 3. The predicted molar refractivity (Wildman–Crippen MR) is 72.0 cm³/mol. The molecule has 3 rings (SSSR count). The molecule has 2 fully saturated rings. The van der Waals surface area contributed by atoms with E-state index in [-0.39, 0.29) is 0 Å². The number of nitrogens with zero attached hydrogens (tertiary/aromatic N) is 2. The van der Waals surface area contributed by atoms with Crippen LogP contribution in [0.15, 0.2) is 18.3 Å². The van der Waals surface area contributed by atoms with Crippen molar-refractivity contribution in [1.82, 2.24) is 15.5 Å². The highest BCUT2D eigenvalue weighted by Crippen LogP contribution is 2.40. The standard InChI is InChI=1S/C15H23N3/c1-2-5-13-10-14(8-7-12(13)4-1)16-11-15-6-3-9-17-18-15/h3,6,9,12-14,16H,1-2,4-5,7-8,10-11H2. The van der Waals surface area contributed by atoms with Gasteiger partial charge in [-0.2, -0.15) is 10.2 Å². The maximum Gasteiger partial charge on any atom is 0.0769 e. The predicted octanol–water partition coefficient (Wildman–Crippen LogP) is 2.93. The lowest BCUT2D eigenvalue weighted by molar-refractivity contribution is 0.143. The topological polar surface area (TPSA) is 37.8 Å². The molecule has 0 bridgehead atoms. The Labute approximate surface area is 109 Å². The van der Waals surface area contributed by atoms with Gasteiger partial charge in [0.2, 0.25) is 0 Å². The molecule has 3 nitrogen and oxygen atoms in total. The molecule has 0 aliphatic heterocycles. The number of hydrogen-bond acceptors (Lipinski definition) is 3. The van der Waals surface area contributed by atoms with Crippen molar-refractivity contribution < 1.29 is 0 Å².